The molecule has 0 spiro atoms. The standard InChI is InChI=1S/C17H33NO/c1-18(16-10-6-2-3-7-11-16)14-17(15-19)12-8-4-5-9-13-17/h16,19H,2-15H2,1H3. The summed E-state index contributed by atoms with van der Waals surface area (Å²) in [5.74, 6) is 0. The van der Waals surface area contributed by atoms with Crippen LogP contribution in [0.25, 0.3) is 0 Å². The van der Waals surface area contributed by atoms with Crippen molar-refractivity contribution < 1.29 is 5.11 Å². The van der Waals surface area contributed by atoms with Gasteiger partial charge in [-0.3, -0.25) is 0 Å². The minimum atomic E-state index is 0.206. The summed E-state index contributed by atoms with van der Waals surface area (Å²) in [7, 11) is 2.30. The molecule has 0 amide bonds. The first-order valence-electron chi connectivity index (χ1n) is 8.57. The highest BCUT2D eigenvalue weighted by Crippen LogP contribution is 2.36. The van der Waals surface area contributed by atoms with E-state index in [0.717, 1.165) is 12.6 Å². The molecule has 0 aromatic heterocycles. The number of hydrogen-bond donors (Lipinski definition) is 1. The highest BCUT2D eigenvalue weighted by Gasteiger charge is 2.33. The third kappa shape index (κ3) is 4.46. The number of nitrogens with zero attached hydrogens (tertiary/aromatic N) is 1. The lowest BCUT2D eigenvalue weighted by atomic mass is 9.80. The summed E-state index contributed by atoms with van der Waals surface area (Å²) in [6.45, 7) is 1.51. The monoisotopic (exact) mass is 267 g/mol. The molecule has 0 radical (unpaired) electrons. The van der Waals surface area contributed by atoms with E-state index in [4.69, 9.17) is 0 Å². The van der Waals surface area contributed by atoms with Crippen LogP contribution >= 0.6 is 0 Å². The summed E-state index contributed by atoms with van der Waals surface area (Å²) in [5, 5.41) is 9.94. The minimum absolute atomic E-state index is 0.206. The van der Waals surface area contributed by atoms with Gasteiger partial charge in [0.15, 0.2) is 0 Å². The molecule has 0 saturated heterocycles. The molecular formula is C17H33NO. The van der Waals surface area contributed by atoms with Crippen LogP contribution in [0.3, 0.4) is 0 Å². The van der Waals surface area contributed by atoms with E-state index in [9.17, 15) is 5.11 Å². The van der Waals surface area contributed by atoms with E-state index in [-0.39, 0.29) is 5.41 Å². The summed E-state index contributed by atoms with van der Waals surface area (Å²) in [6.07, 6.45) is 16.3. The Bertz CT molecular complexity index is 238. The SMILES string of the molecule is CN(CC1(CO)CCCCCC1)C1CCCCCC1. The zero-order valence-corrected chi connectivity index (χ0v) is 12.9. The summed E-state index contributed by atoms with van der Waals surface area (Å²) in [6, 6.07) is 0.772. The van der Waals surface area contributed by atoms with E-state index in [0.29, 0.717) is 6.61 Å². The molecule has 19 heavy (non-hydrogen) atoms. The van der Waals surface area contributed by atoms with Crippen molar-refractivity contribution in [2.45, 2.75) is 83.1 Å². The molecule has 0 aromatic rings. The van der Waals surface area contributed by atoms with Gasteiger partial charge in [-0.2, -0.15) is 0 Å². The quantitative estimate of drug-likeness (QED) is 0.779. The van der Waals surface area contributed by atoms with Crippen LogP contribution in [-0.4, -0.2) is 36.2 Å². The lowest BCUT2D eigenvalue weighted by Gasteiger charge is -2.38. The Morgan fingerprint density at radius 2 is 1.42 bits per heavy atom. The molecule has 112 valence electrons. The van der Waals surface area contributed by atoms with Gasteiger partial charge in [0.1, 0.15) is 0 Å². The Kier molecular flexibility index (Phi) is 6.15. The lowest BCUT2D eigenvalue weighted by Crippen LogP contribution is -2.43. The van der Waals surface area contributed by atoms with Crippen LogP contribution < -0.4 is 0 Å². The number of rotatable bonds is 4. The second-order valence-corrected chi connectivity index (χ2v) is 7.13. The van der Waals surface area contributed by atoms with Crippen molar-refractivity contribution in [2.75, 3.05) is 20.2 Å². The lowest BCUT2D eigenvalue weighted by molar-refractivity contribution is 0.0505. The molecule has 2 rings (SSSR count). The third-order valence-corrected chi connectivity index (χ3v) is 5.53. The second-order valence-electron chi connectivity index (χ2n) is 7.13. The molecule has 2 saturated carbocycles. The van der Waals surface area contributed by atoms with Crippen molar-refractivity contribution in [1.82, 2.24) is 4.90 Å². The van der Waals surface area contributed by atoms with Gasteiger partial charge in [-0.15, -0.1) is 0 Å². The first kappa shape index (κ1) is 15.3. The van der Waals surface area contributed by atoms with Gasteiger partial charge in [0.25, 0.3) is 0 Å². The fraction of sp³-hybridized carbons (Fsp3) is 1.00. The predicted octanol–water partition coefficient (Wildman–Crippen LogP) is 3.97. The average Bonchev–Trinajstić information content (AvgIpc) is 2.81. The molecule has 0 heterocycles. The zero-order chi connectivity index (χ0) is 13.6. The largest absolute Gasteiger partial charge is 0.396 e. The van der Waals surface area contributed by atoms with Gasteiger partial charge in [-0.25, -0.2) is 0 Å². The first-order valence-corrected chi connectivity index (χ1v) is 8.57. The van der Waals surface area contributed by atoms with Crippen LogP contribution in [0.15, 0.2) is 0 Å². The molecule has 2 heteroatoms. The topological polar surface area (TPSA) is 23.5 Å². The molecule has 2 nitrogen and oxygen atoms in total. The van der Waals surface area contributed by atoms with E-state index in [2.05, 4.69) is 11.9 Å². The molecule has 0 aromatic carbocycles. The van der Waals surface area contributed by atoms with Crippen molar-refractivity contribution >= 4 is 0 Å². The van der Waals surface area contributed by atoms with Gasteiger partial charge in [0, 0.05) is 24.6 Å². The second kappa shape index (κ2) is 7.64. The Balaban J connectivity index is 1.91. The fourth-order valence-corrected chi connectivity index (χ4v) is 4.20. The summed E-state index contributed by atoms with van der Waals surface area (Å²) in [5.41, 5.74) is 0.206. The normalized spacial score (nSPS) is 26.1. The van der Waals surface area contributed by atoms with Crippen LogP contribution in [0.5, 0.6) is 0 Å². The van der Waals surface area contributed by atoms with Crippen LogP contribution in [-0.2, 0) is 0 Å². The Labute approximate surface area is 119 Å². The van der Waals surface area contributed by atoms with E-state index in [1.807, 2.05) is 0 Å². The predicted molar refractivity (Wildman–Crippen MR) is 81.3 cm³/mol. The fourth-order valence-electron chi connectivity index (χ4n) is 4.20. The first-order chi connectivity index (χ1) is 9.26. The van der Waals surface area contributed by atoms with E-state index in [1.165, 1.54) is 77.0 Å². The van der Waals surface area contributed by atoms with E-state index >= 15 is 0 Å². The van der Waals surface area contributed by atoms with Gasteiger partial charge in [0.05, 0.1) is 0 Å². The van der Waals surface area contributed by atoms with Gasteiger partial charge >= 0.3 is 0 Å². The maximum Gasteiger partial charge on any atom is 0.0499 e. The van der Waals surface area contributed by atoms with Gasteiger partial charge in [0.2, 0.25) is 0 Å². The van der Waals surface area contributed by atoms with Gasteiger partial charge in [-0.05, 0) is 32.7 Å². The minimum Gasteiger partial charge on any atom is -0.396 e. The third-order valence-electron chi connectivity index (χ3n) is 5.53. The summed E-state index contributed by atoms with van der Waals surface area (Å²) in [4.78, 5) is 2.59. The smallest absolute Gasteiger partial charge is 0.0499 e. The van der Waals surface area contributed by atoms with Crippen molar-refractivity contribution in [3.05, 3.63) is 0 Å². The molecule has 2 aliphatic rings. The van der Waals surface area contributed by atoms with E-state index < -0.39 is 0 Å². The molecule has 0 atom stereocenters. The molecule has 0 unspecified atom stereocenters. The Morgan fingerprint density at radius 1 is 0.895 bits per heavy atom. The van der Waals surface area contributed by atoms with Crippen molar-refractivity contribution in [3.63, 3.8) is 0 Å². The highest BCUT2D eigenvalue weighted by molar-refractivity contribution is 4.86. The Morgan fingerprint density at radius 3 is 1.95 bits per heavy atom. The molecule has 0 aliphatic heterocycles. The molecule has 2 fully saturated rings. The van der Waals surface area contributed by atoms with Crippen molar-refractivity contribution in [3.8, 4) is 0 Å². The molecule has 2 aliphatic carbocycles. The van der Waals surface area contributed by atoms with Crippen molar-refractivity contribution in [2.24, 2.45) is 5.41 Å². The summed E-state index contributed by atoms with van der Waals surface area (Å²) < 4.78 is 0. The van der Waals surface area contributed by atoms with E-state index in [1.54, 1.807) is 0 Å². The van der Waals surface area contributed by atoms with Gasteiger partial charge in [-0.1, -0.05) is 51.4 Å². The maximum atomic E-state index is 9.94. The maximum absolute atomic E-state index is 9.94. The molecule has 1 N–H and O–H groups in total. The van der Waals surface area contributed by atoms with Crippen LogP contribution in [0.4, 0.5) is 0 Å². The molecule has 0 bridgehead atoms. The van der Waals surface area contributed by atoms with Crippen LogP contribution in [0.1, 0.15) is 77.0 Å². The number of aliphatic hydroxyl groups excluding tert-OH is 1. The number of aliphatic hydroxyl groups is 1. The Hall–Kier alpha value is -0.0800. The molecular weight excluding hydrogens is 234 g/mol. The van der Waals surface area contributed by atoms with Crippen molar-refractivity contribution in [1.29, 1.82) is 0 Å². The zero-order valence-electron chi connectivity index (χ0n) is 12.9. The van der Waals surface area contributed by atoms with Gasteiger partial charge < -0.3 is 10.0 Å². The van der Waals surface area contributed by atoms with Crippen LogP contribution in [0.2, 0.25) is 0 Å². The average molecular weight is 267 g/mol. The number of hydrogen-bond acceptors (Lipinski definition) is 2. The highest BCUT2D eigenvalue weighted by atomic mass is 16.3. The summed E-state index contributed by atoms with van der Waals surface area (Å²) >= 11 is 0. The van der Waals surface area contributed by atoms with Crippen LogP contribution in [0, 0.1) is 5.41 Å².